The molecule has 3 aliphatic rings. The maximum atomic E-state index is 14.9. The van der Waals surface area contributed by atoms with E-state index in [-0.39, 0.29) is 48.1 Å². The summed E-state index contributed by atoms with van der Waals surface area (Å²) in [6, 6.07) is 2.83. The molecule has 3 N–H and O–H groups in total. The Morgan fingerprint density at radius 2 is 2.12 bits per heavy atom. The number of rotatable bonds is 2. The van der Waals surface area contributed by atoms with Crippen molar-refractivity contribution in [2.24, 2.45) is 5.73 Å². The SMILES string of the molecule is CCc1c(F)cc2nc3c(c4c2c1SC[C@@H]4N)Cn1c-3cc2c(c1=O)COC(=O)[C@]2(O)CC. The Hall–Kier alpha value is -2.75. The summed E-state index contributed by atoms with van der Waals surface area (Å²) in [6.07, 6.45) is 0.632. The zero-order valence-corrected chi connectivity index (χ0v) is 19.0. The number of nitrogens with zero attached hydrogens (tertiary/aromatic N) is 2. The summed E-state index contributed by atoms with van der Waals surface area (Å²) in [7, 11) is 0. The third-order valence-electron chi connectivity index (χ3n) is 7.15. The molecule has 9 heteroatoms. The summed E-state index contributed by atoms with van der Waals surface area (Å²) in [6.45, 7) is 3.69. The Kier molecular flexibility index (Phi) is 4.34. The number of aromatic nitrogens is 2. The Morgan fingerprint density at radius 1 is 1.33 bits per heavy atom. The second-order valence-corrected chi connectivity index (χ2v) is 9.82. The molecule has 33 heavy (non-hydrogen) atoms. The highest BCUT2D eigenvalue weighted by atomic mass is 32.2. The minimum absolute atomic E-state index is 0.0709. The lowest BCUT2D eigenvalue weighted by Gasteiger charge is -2.31. The van der Waals surface area contributed by atoms with Crippen molar-refractivity contribution in [2.75, 3.05) is 5.75 Å². The van der Waals surface area contributed by atoms with Gasteiger partial charge in [0, 0.05) is 44.8 Å². The van der Waals surface area contributed by atoms with E-state index in [1.807, 2.05) is 6.92 Å². The highest BCUT2D eigenvalue weighted by Crippen LogP contribution is 2.48. The molecule has 0 unspecified atom stereocenters. The number of pyridine rings is 2. The van der Waals surface area contributed by atoms with E-state index in [2.05, 4.69) is 0 Å². The summed E-state index contributed by atoms with van der Waals surface area (Å²) >= 11 is 1.55. The van der Waals surface area contributed by atoms with E-state index in [0.29, 0.717) is 34.6 Å². The maximum Gasteiger partial charge on any atom is 0.343 e. The summed E-state index contributed by atoms with van der Waals surface area (Å²) in [5.74, 6) is -0.459. The molecular formula is C24H22FN3O4S. The van der Waals surface area contributed by atoms with Crippen LogP contribution >= 0.6 is 11.8 Å². The van der Waals surface area contributed by atoms with Gasteiger partial charge in [0.15, 0.2) is 5.60 Å². The first-order valence-electron chi connectivity index (χ1n) is 11.0. The van der Waals surface area contributed by atoms with Gasteiger partial charge < -0.3 is 20.1 Å². The van der Waals surface area contributed by atoms with Crippen LogP contribution in [-0.2, 0) is 34.7 Å². The van der Waals surface area contributed by atoms with Crippen molar-refractivity contribution >= 4 is 28.6 Å². The van der Waals surface area contributed by atoms with Gasteiger partial charge >= 0.3 is 5.97 Å². The van der Waals surface area contributed by atoms with Crippen LogP contribution in [0.5, 0.6) is 0 Å². The molecule has 170 valence electrons. The summed E-state index contributed by atoms with van der Waals surface area (Å²) in [4.78, 5) is 31.5. The Morgan fingerprint density at radius 3 is 2.85 bits per heavy atom. The van der Waals surface area contributed by atoms with Crippen LogP contribution in [0.2, 0.25) is 0 Å². The molecule has 6 rings (SSSR count). The van der Waals surface area contributed by atoms with Crippen molar-refractivity contribution in [3.63, 3.8) is 0 Å². The van der Waals surface area contributed by atoms with E-state index in [1.54, 1.807) is 29.3 Å². The monoisotopic (exact) mass is 467 g/mol. The first kappa shape index (κ1) is 20.8. The van der Waals surface area contributed by atoms with Crippen LogP contribution in [-0.4, -0.2) is 26.4 Å². The molecule has 2 atom stereocenters. The van der Waals surface area contributed by atoms with Gasteiger partial charge in [0.05, 0.1) is 29.0 Å². The van der Waals surface area contributed by atoms with Gasteiger partial charge in [-0.15, -0.1) is 11.8 Å². The highest BCUT2D eigenvalue weighted by molar-refractivity contribution is 7.99. The molecule has 0 aliphatic carbocycles. The van der Waals surface area contributed by atoms with E-state index in [1.165, 1.54) is 6.07 Å². The highest BCUT2D eigenvalue weighted by Gasteiger charge is 2.45. The van der Waals surface area contributed by atoms with Crippen molar-refractivity contribution in [1.29, 1.82) is 0 Å². The van der Waals surface area contributed by atoms with E-state index in [9.17, 15) is 19.1 Å². The minimum atomic E-state index is -1.89. The molecule has 0 bridgehead atoms. The summed E-state index contributed by atoms with van der Waals surface area (Å²) in [5, 5.41) is 11.9. The van der Waals surface area contributed by atoms with Crippen LogP contribution in [0.15, 0.2) is 21.8 Å². The van der Waals surface area contributed by atoms with Gasteiger partial charge in [-0.2, -0.15) is 0 Å². The number of ether oxygens (including phenoxy) is 1. The average Bonchev–Trinajstić information content (AvgIpc) is 3.17. The Balaban J connectivity index is 1.69. The van der Waals surface area contributed by atoms with Gasteiger partial charge in [-0.25, -0.2) is 14.2 Å². The third-order valence-corrected chi connectivity index (χ3v) is 8.42. The van der Waals surface area contributed by atoms with Crippen molar-refractivity contribution in [2.45, 2.75) is 56.4 Å². The Bertz CT molecular complexity index is 1470. The number of thioether (sulfide) groups is 1. The van der Waals surface area contributed by atoms with E-state index in [0.717, 1.165) is 21.4 Å². The van der Waals surface area contributed by atoms with Gasteiger partial charge in [-0.3, -0.25) is 4.79 Å². The van der Waals surface area contributed by atoms with Gasteiger partial charge in [0.25, 0.3) is 5.56 Å². The maximum absolute atomic E-state index is 14.9. The molecule has 0 spiro atoms. The summed E-state index contributed by atoms with van der Waals surface area (Å²) < 4.78 is 21.6. The van der Waals surface area contributed by atoms with Crippen LogP contribution in [0.25, 0.3) is 22.3 Å². The lowest BCUT2D eigenvalue weighted by atomic mass is 9.86. The van der Waals surface area contributed by atoms with Gasteiger partial charge in [-0.1, -0.05) is 13.8 Å². The van der Waals surface area contributed by atoms with Crippen molar-refractivity contribution in [3.05, 3.63) is 56.1 Å². The van der Waals surface area contributed by atoms with Crippen LogP contribution in [0.1, 0.15) is 54.1 Å². The lowest BCUT2D eigenvalue weighted by molar-refractivity contribution is -0.172. The zero-order chi connectivity index (χ0) is 23.2. The normalized spacial score (nSPS) is 22.7. The molecule has 0 amide bonds. The second kappa shape index (κ2) is 6.88. The number of fused-ring (bicyclic) bond motifs is 5. The first-order chi connectivity index (χ1) is 15.8. The molecular weight excluding hydrogens is 445 g/mol. The van der Waals surface area contributed by atoms with Crippen LogP contribution in [0.3, 0.4) is 0 Å². The molecule has 3 aromatic rings. The number of carbonyl (C=O) groups is 1. The van der Waals surface area contributed by atoms with Gasteiger partial charge in [0.2, 0.25) is 0 Å². The molecule has 0 fully saturated rings. The molecule has 2 aromatic heterocycles. The smallest absolute Gasteiger partial charge is 0.343 e. The van der Waals surface area contributed by atoms with Crippen molar-refractivity contribution < 1.29 is 19.0 Å². The molecule has 7 nitrogen and oxygen atoms in total. The van der Waals surface area contributed by atoms with Crippen molar-refractivity contribution in [1.82, 2.24) is 9.55 Å². The zero-order valence-electron chi connectivity index (χ0n) is 18.2. The number of esters is 1. The van der Waals surface area contributed by atoms with Gasteiger partial charge in [-0.05, 0) is 24.5 Å². The predicted octanol–water partition coefficient (Wildman–Crippen LogP) is 2.89. The second-order valence-electron chi connectivity index (χ2n) is 8.79. The number of carbonyl (C=O) groups excluding carboxylic acids is 1. The predicted molar refractivity (Wildman–Crippen MR) is 122 cm³/mol. The number of hydrogen-bond donors (Lipinski definition) is 2. The number of nitrogens with two attached hydrogens (primary N) is 1. The standard InChI is InChI=1S/C24H22FN3O4S/c1-3-10-14(25)6-16-19-18(15(26)9-33-21(10)19)11-7-28-17(20(11)27-16)5-13-12(22(28)29)8-32-23(30)24(13,31)4-2/h5-6,15,31H,3-4,7-9,26H2,1-2H3/t15-,24-/m0/s1. The number of aliphatic hydroxyl groups is 1. The number of benzene rings is 1. The molecule has 0 saturated carbocycles. The topological polar surface area (TPSA) is 107 Å². The fraction of sp³-hybridized carbons (Fsp3) is 0.375. The third kappa shape index (κ3) is 2.55. The molecule has 0 saturated heterocycles. The Labute approximate surface area is 192 Å². The van der Waals surface area contributed by atoms with Crippen LogP contribution < -0.4 is 11.3 Å². The van der Waals surface area contributed by atoms with Gasteiger partial charge in [0.1, 0.15) is 12.4 Å². The van der Waals surface area contributed by atoms with E-state index in [4.69, 9.17) is 15.5 Å². The molecule has 1 aromatic carbocycles. The van der Waals surface area contributed by atoms with Crippen LogP contribution in [0, 0.1) is 5.82 Å². The fourth-order valence-electron chi connectivity index (χ4n) is 5.41. The number of hydrogen-bond acceptors (Lipinski definition) is 7. The largest absolute Gasteiger partial charge is 0.458 e. The number of cyclic esters (lactones) is 1. The molecule has 0 radical (unpaired) electrons. The van der Waals surface area contributed by atoms with Crippen LogP contribution in [0.4, 0.5) is 4.39 Å². The summed E-state index contributed by atoms with van der Waals surface area (Å²) in [5.41, 5.74) is 8.82. The van der Waals surface area contributed by atoms with Crippen molar-refractivity contribution in [3.8, 4) is 11.4 Å². The lowest BCUT2D eigenvalue weighted by Crippen LogP contribution is -2.44. The molecule has 3 aliphatic heterocycles. The quantitative estimate of drug-likeness (QED) is 0.437. The first-order valence-corrected chi connectivity index (χ1v) is 12.0. The number of halogens is 1. The van der Waals surface area contributed by atoms with E-state index >= 15 is 0 Å². The minimum Gasteiger partial charge on any atom is -0.458 e. The van der Waals surface area contributed by atoms with E-state index < -0.39 is 11.6 Å². The fourth-order valence-corrected chi connectivity index (χ4v) is 6.69. The average molecular weight is 468 g/mol. The molecule has 5 heterocycles.